The maximum Gasteiger partial charge on any atom is 0.321 e. The topological polar surface area (TPSA) is 139 Å². The molecule has 0 aromatic heterocycles. The van der Waals surface area contributed by atoms with Crippen molar-refractivity contribution in [1.29, 1.82) is 0 Å². The lowest BCUT2D eigenvalue weighted by molar-refractivity contribution is -0.149. The number of hydrogen-bond acceptors (Lipinski definition) is 4. The second kappa shape index (κ2) is 8.13. The molecular weight excluding hydrogens is 266 g/mol. The van der Waals surface area contributed by atoms with Crippen molar-refractivity contribution < 1.29 is 24.3 Å². The van der Waals surface area contributed by atoms with Crippen LogP contribution in [0.3, 0.4) is 0 Å². The second-order valence-electron chi connectivity index (χ2n) is 5.09. The highest BCUT2D eigenvalue weighted by Gasteiger charge is 2.30. The zero-order chi connectivity index (χ0) is 15.8. The molecule has 0 fully saturated rings. The molecule has 0 bridgehead atoms. The van der Waals surface area contributed by atoms with Gasteiger partial charge in [-0.1, -0.05) is 0 Å². The number of unbranched alkanes of at least 4 members (excludes halogenated alkanes) is 1. The number of carbonyl (C=O) groups is 4. The first-order valence-electron chi connectivity index (χ1n) is 6.24. The third-order valence-corrected chi connectivity index (χ3v) is 2.57. The van der Waals surface area contributed by atoms with Crippen molar-refractivity contribution in [2.75, 3.05) is 6.54 Å². The summed E-state index contributed by atoms with van der Waals surface area (Å²) in [5.74, 6) is -2.17. The highest BCUT2D eigenvalue weighted by atomic mass is 16.4. The third-order valence-electron chi connectivity index (χ3n) is 2.57. The largest absolute Gasteiger partial charge is 0.481 e. The number of primary amides is 1. The van der Waals surface area contributed by atoms with Crippen molar-refractivity contribution in [3.63, 3.8) is 0 Å². The van der Waals surface area contributed by atoms with Gasteiger partial charge in [0.1, 0.15) is 0 Å². The number of carbonyl (C=O) groups excluding carboxylic acids is 3. The molecule has 0 aliphatic carbocycles. The number of imide groups is 1. The van der Waals surface area contributed by atoms with Gasteiger partial charge in [0.15, 0.2) is 0 Å². The van der Waals surface area contributed by atoms with Crippen LogP contribution in [0.5, 0.6) is 0 Å². The molecule has 0 radical (unpaired) electrons. The molecule has 0 saturated carbocycles. The summed E-state index contributed by atoms with van der Waals surface area (Å²) >= 11 is 0. The fraction of sp³-hybridized carbons (Fsp3) is 0.667. The lowest BCUT2D eigenvalue weighted by atomic mass is 9.89. The average Bonchev–Trinajstić information content (AvgIpc) is 2.26. The smallest absolute Gasteiger partial charge is 0.321 e. The number of nitrogens with two attached hydrogens (primary N) is 1. The minimum Gasteiger partial charge on any atom is -0.481 e. The summed E-state index contributed by atoms with van der Waals surface area (Å²) in [5.41, 5.74) is 3.72. The molecule has 114 valence electrons. The fourth-order valence-corrected chi connectivity index (χ4v) is 1.32. The Bertz CT molecular complexity index is 393. The summed E-state index contributed by atoms with van der Waals surface area (Å²) in [6.07, 6.45) is 1.06. The van der Waals surface area contributed by atoms with Gasteiger partial charge in [0.05, 0.1) is 5.41 Å². The number of amides is 4. The highest BCUT2D eigenvalue weighted by Crippen LogP contribution is 2.19. The summed E-state index contributed by atoms with van der Waals surface area (Å²) in [5, 5.41) is 13.3. The van der Waals surface area contributed by atoms with Crippen LogP contribution in [0.25, 0.3) is 0 Å². The summed E-state index contributed by atoms with van der Waals surface area (Å²) in [6.45, 7) is 3.10. The van der Waals surface area contributed by atoms with Gasteiger partial charge in [-0.25, -0.2) is 4.79 Å². The van der Waals surface area contributed by atoms with Gasteiger partial charge in [-0.05, 0) is 26.7 Å². The zero-order valence-electron chi connectivity index (χ0n) is 11.7. The predicted molar refractivity (Wildman–Crippen MR) is 70.6 cm³/mol. The molecule has 0 spiro atoms. The van der Waals surface area contributed by atoms with E-state index in [0.29, 0.717) is 19.4 Å². The number of carboxylic acids is 1. The molecule has 8 heteroatoms. The quantitative estimate of drug-likeness (QED) is 0.464. The van der Waals surface area contributed by atoms with E-state index in [0.717, 1.165) is 0 Å². The Balaban J connectivity index is 3.89. The molecule has 5 N–H and O–H groups in total. The Morgan fingerprint density at radius 1 is 1.15 bits per heavy atom. The molecular formula is C12H21N3O5. The van der Waals surface area contributed by atoms with E-state index in [1.807, 2.05) is 5.32 Å². The van der Waals surface area contributed by atoms with Crippen LogP contribution >= 0.6 is 0 Å². The lowest BCUT2D eigenvalue weighted by Crippen LogP contribution is -2.42. The van der Waals surface area contributed by atoms with Crippen LogP contribution in [0.2, 0.25) is 0 Å². The molecule has 0 unspecified atom stereocenters. The second-order valence-corrected chi connectivity index (χ2v) is 5.09. The predicted octanol–water partition coefficient (Wildman–Crippen LogP) is -0.0313. The Kier molecular flexibility index (Phi) is 7.27. The summed E-state index contributed by atoms with van der Waals surface area (Å²) in [6, 6.07) is -0.685. The molecule has 4 amide bonds. The first-order chi connectivity index (χ1) is 9.15. The molecule has 20 heavy (non-hydrogen) atoms. The molecule has 0 heterocycles. The Morgan fingerprint density at radius 3 is 2.25 bits per heavy atom. The van der Waals surface area contributed by atoms with Gasteiger partial charge in [-0.2, -0.15) is 0 Å². The maximum absolute atomic E-state index is 11.5. The minimum atomic E-state index is -1.23. The monoisotopic (exact) mass is 287 g/mol. The molecule has 0 saturated heterocycles. The number of aliphatic carboxylic acids is 1. The van der Waals surface area contributed by atoms with Crippen LogP contribution < -0.4 is 16.4 Å². The highest BCUT2D eigenvalue weighted by molar-refractivity contribution is 5.96. The lowest BCUT2D eigenvalue weighted by Gasteiger charge is -2.17. The van der Waals surface area contributed by atoms with Crippen LogP contribution in [-0.2, 0) is 14.4 Å². The van der Waals surface area contributed by atoms with E-state index in [9.17, 15) is 19.2 Å². The van der Waals surface area contributed by atoms with Gasteiger partial charge < -0.3 is 16.2 Å². The number of nitrogens with one attached hydrogen (secondary N) is 2. The van der Waals surface area contributed by atoms with Gasteiger partial charge >= 0.3 is 12.0 Å². The summed E-state index contributed by atoms with van der Waals surface area (Å²) in [7, 11) is 0. The van der Waals surface area contributed by atoms with Gasteiger partial charge in [0, 0.05) is 19.4 Å². The third kappa shape index (κ3) is 8.06. The summed E-state index contributed by atoms with van der Waals surface area (Å²) < 4.78 is 0. The molecule has 0 aromatic carbocycles. The SMILES string of the molecule is CC(C)(CC(=O)NC(=O)NCCCCC(N)=O)C(=O)O. The van der Waals surface area contributed by atoms with Crippen molar-refractivity contribution in [3.8, 4) is 0 Å². The van der Waals surface area contributed by atoms with Crippen molar-refractivity contribution in [1.82, 2.24) is 10.6 Å². The average molecular weight is 287 g/mol. The van der Waals surface area contributed by atoms with Gasteiger partial charge in [-0.3, -0.25) is 19.7 Å². The van der Waals surface area contributed by atoms with E-state index in [-0.39, 0.29) is 12.8 Å². The van der Waals surface area contributed by atoms with Gasteiger partial charge in [-0.15, -0.1) is 0 Å². The van der Waals surface area contributed by atoms with Gasteiger partial charge in [0.25, 0.3) is 0 Å². The number of rotatable bonds is 8. The first-order valence-corrected chi connectivity index (χ1v) is 6.24. The van der Waals surface area contributed by atoms with Crippen molar-refractivity contribution in [2.45, 2.75) is 39.5 Å². The molecule has 0 rings (SSSR count). The fourth-order valence-electron chi connectivity index (χ4n) is 1.32. The van der Waals surface area contributed by atoms with Gasteiger partial charge in [0.2, 0.25) is 11.8 Å². The number of carboxylic acid groups (broad SMARTS) is 1. The molecule has 8 nitrogen and oxygen atoms in total. The first kappa shape index (κ1) is 17.9. The van der Waals surface area contributed by atoms with E-state index >= 15 is 0 Å². The van der Waals surface area contributed by atoms with Crippen LogP contribution in [-0.4, -0.2) is 35.5 Å². The van der Waals surface area contributed by atoms with E-state index < -0.39 is 29.2 Å². The van der Waals surface area contributed by atoms with E-state index in [2.05, 4.69) is 5.32 Å². The van der Waals surface area contributed by atoms with Crippen molar-refractivity contribution in [3.05, 3.63) is 0 Å². The standard InChI is InChI=1S/C12H21N3O5/c1-12(2,10(18)19)7-9(17)15-11(20)14-6-4-3-5-8(13)16/h3-7H2,1-2H3,(H2,13,16)(H,18,19)(H2,14,15,17,20). The van der Waals surface area contributed by atoms with E-state index in [4.69, 9.17) is 10.8 Å². The Labute approximate surface area is 117 Å². The van der Waals surface area contributed by atoms with E-state index in [1.165, 1.54) is 13.8 Å². The van der Waals surface area contributed by atoms with Crippen LogP contribution in [0.15, 0.2) is 0 Å². The molecule has 0 aromatic rings. The van der Waals surface area contributed by atoms with Crippen molar-refractivity contribution >= 4 is 23.8 Å². The Morgan fingerprint density at radius 2 is 1.75 bits per heavy atom. The maximum atomic E-state index is 11.5. The molecule has 0 aliphatic heterocycles. The molecule has 0 aliphatic rings. The number of urea groups is 1. The number of hydrogen-bond donors (Lipinski definition) is 4. The minimum absolute atomic E-state index is 0.245. The van der Waals surface area contributed by atoms with Crippen LogP contribution in [0.4, 0.5) is 4.79 Å². The normalized spacial score (nSPS) is 10.7. The zero-order valence-corrected chi connectivity index (χ0v) is 11.7. The van der Waals surface area contributed by atoms with Crippen molar-refractivity contribution in [2.24, 2.45) is 11.1 Å². The van der Waals surface area contributed by atoms with E-state index in [1.54, 1.807) is 0 Å². The summed E-state index contributed by atoms with van der Waals surface area (Å²) in [4.78, 5) is 44.1. The molecule has 0 atom stereocenters. The van der Waals surface area contributed by atoms with Crippen LogP contribution in [0.1, 0.15) is 39.5 Å². The Hall–Kier alpha value is -2.12. The van der Waals surface area contributed by atoms with Crippen LogP contribution in [0, 0.1) is 5.41 Å².